The van der Waals surface area contributed by atoms with Crippen LogP contribution in [0.2, 0.25) is 0 Å². The predicted octanol–water partition coefficient (Wildman–Crippen LogP) is 4.76. The van der Waals surface area contributed by atoms with Gasteiger partial charge in [-0.05, 0) is 24.1 Å². The Kier molecular flexibility index (Phi) is 8.23. The van der Waals surface area contributed by atoms with Gasteiger partial charge in [-0.1, -0.05) is 60.7 Å². The highest BCUT2D eigenvalue weighted by molar-refractivity contribution is 5.95. The van der Waals surface area contributed by atoms with Crippen LogP contribution in [0.5, 0.6) is 5.88 Å². The molecule has 3 aromatic carbocycles. The number of aromatic nitrogens is 1. The Balaban J connectivity index is 1.48. The number of hydrogen-bond acceptors (Lipinski definition) is 5. The van der Waals surface area contributed by atoms with Crippen molar-refractivity contribution >= 4 is 16.9 Å². The Hall–Kier alpha value is -4.08. The van der Waals surface area contributed by atoms with Gasteiger partial charge in [0.15, 0.2) is 17.2 Å². The second-order valence-corrected chi connectivity index (χ2v) is 9.98. The first kappa shape index (κ1) is 27.5. The van der Waals surface area contributed by atoms with E-state index in [1.807, 2.05) is 36.4 Å². The zero-order chi connectivity index (χ0) is 28.2. The van der Waals surface area contributed by atoms with Crippen molar-refractivity contribution in [3.8, 4) is 5.88 Å². The molecule has 1 saturated heterocycles. The van der Waals surface area contributed by atoms with Crippen LogP contribution >= 0.6 is 0 Å². The summed E-state index contributed by atoms with van der Waals surface area (Å²) in [5, 5.41) is 9.75. The first-order chi connectivity index (χ1) is 19.4. The van der Waals surface area contributed by atoms with E-state index in [1.54, 1.807) is 6.92 Å². The zero-order valence-corrected chi connectivity index (χ0v) is 22.2. The number of pyridine rings is 1. The highest BCUT2D eigenvalue weighted by atomic mass is 19.2. The molecule has 1 N–H and O–H groups in total. The fourth-order valence-electron chi connectivity index (χ4n) is 5.37. The second kappa shape index (κ2) is 12.0. The first-order valence-corrected chi connectivity index (χ1v) is 13.3. The lowest BCUT2D eigenvalue weighted by Crippen LogP contribution is -2.54. The molecule has 0 amide bonds. The zero-order valence-electron chi connectivity index (χ0n) is 22.2. The van der Waals surface area contributed by atoms with Gasteiger partial charge in [0.25, 0.3) is 0 Å². The number of nitrogens with zero attached hydrogens (tertiary/aromatic N) is 3. The SMILES string of the molecule is CCn1c(OCC2CN(Cc3ccccc3)CCN2Cc2ccccc2)c(C(=O)O)c(=O)c2cc(F)c(F)cc21. The Labute approximate surface area is 230 Å². The number of aryl methyl sites for hydroxylation is 1. The van der Waals surface area contributed by atoms with E-state index >= 15 is 0 Å². The van der Waals surface area contributed by atoms with E-state index in [0.717, 1.165) is 37.3 Å². The van der Waals surface area contributed by atoms with E-state index in [-0.39, 0.29) is 36.0 Å². The molecule has 9 heteroatoms. The summed E-state index contributed by atoms with van der Waals surface area (Å²) in [6.07, 6.45) is 0. The molecule has 40 heavy (non-hydrogen) atoms. The maximum Gasteiger partial charge on any atom is 0.345 e. The normalized spacial score (nSPS) is 16.3. The van der Waals surface area contributed by atoms with Gasteiger partial charge < -0.3 is 14.4 Å². The molecule has 1 aromatic heterocycles. The topological polar surface area (TPSA) is 75.0 Å². The summed E-state index contributed by atoms with van der Waals surface area (Å²) in [5.74, 6) is -3.97. The summed E-state index contributed by atoms with van der Waals surface area (Å²) in [5.41, 5.74) is 0.921. The Morgan fingerprint density at radius 3 is 2.20 bits per heavy atom. The van der Waals surface area contributed by atoms with Crippen molar-refractivity contribution in [3.63, 3.8) is 0 Å². The smallest absolute Gasteiger partial charge is 0.345 e. The first-order valence-electron chi connectivity index (χ1n) is 13.3. The van der Waals surface area contributed by atoms with Crippen molar-refractivity contribution in [2.75, 3.05) is 26.2 Å². The molecule has 0 saturated carbocycles. The lowest BCUT2D eigenvalue weighted by atomic mass is 10.1. The number of carboxylic acid groups (broad SMARTS) is 1. The number of halogens is 2. The highest BCUT2D eigenvalue weighted by Crippen LogP contribution is 2.26. The van der Waals surface area contributed by atoms with Gasteiger partial charge >= 0.3 is 5.97 Å². The van der Waals surface area contributed by atoms with Crippen LogP contribution in [0.1, 0.15) is 28.4 Å². The molecule has 1 aliphatic rings. The van der Waals surface area contributed by atoms with E-state index in [1.165, 1.54) is 10.1 Å². The van der Waals surface area contributed by atoms with Gasteiger partial charge in [0, 0.05) is 50.7 Å². The Bertz CT molecular complexity index is 1560. The Morgan fingerprint density at radius 1 is 0.950 bits per heavy atom. The van der Waals surface area contributed by atoms with E-state index in [9.17, 15) is 23.5 Å². The molecule has 0 spiro atoms. The highest BCUT2D eigenvalue weighted by Gasteiger charge is 2.30. The minimum Gasteiger partial charge on any atom is -0.477 e. The lowest BCUT2D eigenvalue weighted by Gasteiger charge is -2.41. The molecule has 0 radical (unpaired) electrons. The summed E-state index contributed by atoms with van der Waals surface area (Å²) in [7, 11) is 0. The number of ether oxygens (including phenoxy) is 1. The number of benzene rings is 3. The second-order valence-electron chi connectivity index (χ2n) is 9.98. The Morgan fingerprint density at radius 2 is 1.57 bits per heavy atom. The van der Waals surface area contributed by atoms with Gasteiger partial charge in [0.1, 0.15) is 6.61 Å². The standard InChI is InChI=1S/C31H31F2N3O4/c1-2-36-27-16-26(33)25(32)15-24(27)29(37)28(31(38)39)30(36)40-20-23-19-34(17-21-9-5-3-6-10-21)13-14-35(23)18-22-11-7-4-8-12-22/h3-12,15-16,23H,2,13-14,17-20H2,1H3,(H,38,39). The van der Waals surface area contributed by atoms with Crippen LogP contribution in [0.4, 0.5) is 8.78 Å². The summed E-state index contributed by atoms with van der Waals surface area (Å²) < 4.78 is 35.8. The predicted molar refractivity (Wildman–Crippen MR) is 149 cm³/mol. The van der Waals surface area contributed by atoms with Crippen LogP contribution in [-0.4, -0.2) is 57.7 Å². The third-order valence-electron chi connectivity index (χ3n) is 7.37. The number of aromatic carboxylic acids is 1. The molecule has 1 aliphatic heterocycles. The molecule has 7 nitrogen and oxygen atoms in total. The maximum absolute atomic E-state index is 14.2. The fourth-order valence-corrected chi connectivity index (χ4v) is 5.37. The molecule has 0 aliphatic carbocycles. The van der Waals surface area contributed by atoms with Crippen molar-refractivity contribution < 1.29 is 23.4 Å². The van der Waals surface area contributed by atoms with Crippen LogP contribution in [0, 0.1) is 11.6 Å². The molecular formula is C31H31F2N3O4. The minimum atomic E-state index is -1.48. The monoisotopic (exact) mass is 547 g/mol. The van der Waals surface area contributed by atoms with Gasteiger partial charge in [-0.3, -0.25) is 14.6 Å². The molecule has 5 rings (SSSR count). The molecule has 208 valence electrons. The molecule has 1 atom stereocenters. The molecule has 2 heterocycles. The van der Waals surface area contributed by atoms with Gasteiger partial charge in [-0.15, -0.1) is 0 Å². The average molecular weight is 548 g/mol. The van der Waals surface area contributed by atoms with Crippen molar-refractivity contribution in [1.29, 1.82) is 0 Å². The van der Waals surface area contributed by atoms with Crippen molar-refractivity contribution in [3.05, 3.63) is 111 Å². The molecule has 1 unspecified atom stereocenters. The molecule has 1 fully saturated rings. The molecular weight excluding hydrogens is 516 g/mol. The van der Waals surface area contributed by atoms with E-state index < -0.39 is 28.6 Å². The van der Waals surface area contributed by atoms with E-state index in [4.69, 9.17) is 4.74 Å². The average Bonchev–Trinajstić information content (AvgIpc) is 2.95. The lowest BCUT2D eigenvalue weighted by molar-refractivity contribution is 0.0350. The van der Waals surface area contributed by atoms with Crippen LogP contribution in [0.3, 0.4) is 0 Å². The third kappa shape index (κ3) is 5.76. The number of hydrogen-bond donors (Lipinski definition) is 1. The van der Waals surface area contributed by atoms with E-state index in [0.29, 0.717) is 13.1 Å². The number of piperazine rings is 1. The molecule has 4 aromatic rings. The minimum absolute atomic E-state index is 0.0851. The third-order valence-corrected chi connectivity index (χ3v) is 7.37. The van der Waals surface area contributed by atoms with Crippen LogP contribution in [0.15, 0.2) is 77.6 Å². The number of carboxylic acids is 1. The largest absolute Gasteiger partial charge is 0.477 e. The van der Waals surface area contributed by atoms with Gasteiger partial charge in [-0.2, -0.15) is 0 Å². The van der Waals surface area contributed by atoms with Gasteiger partial charge in [-0.25, -0.2) is 13.6 Å². The quantitative estimate of drug-likeness (QED) is 0.326. The fraction of sp³-hybridized carbons (Fsp3) is 0.290. The van der Waals surface area contributed by atoms with Crippen LogP contribution in [0.25, 0.3) is 10.9 Å². The van der Waals surface area contributed by atoms with Crippen molar-refractivity contribution in [1.82, 2.24) is 14.4 Å². The summed E-state index contributed by atoms with van der Waals surface area (Å²) >= 11 is 0. The van der Waals surface area contributed by atoms with Crippen LogP contribution < -0.4 is 10.2 Å². The number of fused-ring (bicyclic) bond motifs is 1. The summed E-state index contributed by atoms with van der Waals surface area (Å²) in [6, 6.07) is 21.8. The molecule has 0 bridgehead atoms. The maximum atomic E-state index is 14.2. The van der Waals surface area contributed by atoms with Crippen molar-refractivity contribution in [2.24, 2.45) is 0 Å². The van der Waals surface area contributed by atoms with E-state index in [2.05, 4.69) is 34.1 Å². The van der Waals surface area contributed by atoms with Crippen molar-refractivity contribution in [2.45, 2.75) is 32.6 Å². The summed E-state index contributed by atoms with van der Waals surface area (Å²) in [4.78, 5) is 30.0. The van der Waals surface area contributed by atoms with Gasteiger partial charge in [0.2, 0.25) is 11.3 Å². The van der Waals surface area contributed by atoms with Gasteiger partial charge in [0.05, 0.1) is 11.6 Å². The van der Waals surface area contributed by atoms with Crippen LogP contribution in [-0.2, 0) is 19.6 Å². The number of rotatable bonds is 9. The number of carbonyl (C=O) groups is 1. The summed E-state index contributed by atoms with van der Waals surface area (Å²) in [6.45, 7) is 5.74.